The fourth-order valence-electron chi connectivity index (χ4n) is 2.80. The maximum atomic E-state index is 12.6. The van der Waals surface area contributed by atoms with E-state index in [1.807, 2.05) is 63.2 Å². The van der Waals surface area contributed by atoms with E-state index in [-0.39, 0.29) is 5.91 Å². The van der Waals surface area contributed by atoms with Gasteiger partial charge in [0.2, 0.25) is 0 Å². The van der Waals surface area contributed by atoms with Crippen LogP contribution >= 0.6 is 0 Å². The monoisotopic (exact) mass is 385 g/mol. The molecule has 0 aromatic heterocycles. The average molecular weight is 386 g/mol. The van der Waals surface area contributed by atoms with Gasteiger partial charge >= 0.3 is 0 Å². The molecule has 2 aromatic carbocycles. The first kappa shape index (κ1) is 21.6. The molecule has 0 heterocycles. The number of nitrogens with one attached hydrogen (secondary N) is 1. The Morgan fingerprint density at radius 3 is 2.14 bits per heavy atom. The van der Waals surface area contributed by atoms with Crippen LogP contribution in [0.4, 0.5) is 0 Å². The summed E-state index contributed by atoms with van der Waals surface area (Å²) in [7, 11) is 0. The summed E-state index contributed by atoms with van der Waals surface area (Å²) >= 11 is 0. The van der Waals surface area contributed by atoms with Crippen molar-refractivity contribution >= 4 is 5.91 Å². The van der Waals surface area contributed by atoms with Gasteiger partial charge in [-0.1, -0.05) is 32.0 Å². The zero-order valence-corrected chi connectivity index (χ0v) is 17.3. The lowest BCUT2D eigenvalue weighted by atomic mass is 10.1. The maximum Gasteiger partial charge on any atom is 0.261 e. The Morgan fingerprint density at radius 2 is 1.54 bits per heavy atom. The topological polar surface area (TPSA) is 56.8 Å². The molecule has 0 fully saturated rings. The van der Waals surface area contributed by atoms with Crippen molar-refractivity contribution in [1.29, 1.82) is 0 Å². The van der Waals surface area contributed by atoms with Crippen molar-refractivity contribution in [2.45, 2.75) is 53.2 Å². The number of benzene rings is 2. The second-order valence-corrected chi connectivity index (χ2v) is 6.38. The van der Waals surface area contributed by atoms with E-state index in [2.05, 4.69) is 12.2 Å². The molecule has 5 nitrogen and oxygen atoms in total. The molecular formula is C23H31NO4. The van der Waals surface area contributed by atoms with Gasteiger partial charge in [0.15, 0.2) is 17.6 Å². The lowest BCUT2D eigenvalue weighted by Gasteiger charge is -2.18. The molecule has 28 heavy (non-hydrogen) atoms. The second kappa shape index (κ2) is 11.2. The van der Waals surface area contributed by atoms with Gasteiger partial charge < -0.3 is 19.5 Å². The van der Waals surface area contributed by atoms with Crippen molar-refractivity contribution in [3.63, 3.8) is 0 Å². The van der Waals surface area contributed by atoms with E-state index in [0.29, 0.717) is 43.4 Å². The predicted octanol–water partition coefficient (Wildman–Crippen LogP) is 4.52. The van der Waals surface area contributed by atoms with Crippen LogP contribution in [0.1, 0.15) is 45.2 Å². The normalized spacial score (nSPS) is 11.6. The van der Waals surface area contributed by atoms with Gasteiger partial charge in [0, 0.05) is 6.54 Å². The van der Waals surface area contributed by atoms with E-state index >= 15 is 0 Å². The molecule has 1 N–H and O–H groups in total. The lowest BCUT2D eigenvalue weighted by molar-refractivity contribution is -0.128. The first-order chi connectivity index (χ1) is 13.6. The molecule has 0 spiro atoms. The second-order valence-electron chi connectivity index (χ2n) is 6.38. The van der Waals surface area contributed by atoms with Gasteiger partial charge in [-0.25, -0.2) is 0 Å². The van der Waals surface area contributed by atoms with Crippen LogP contribution < -0.4 is 19.5 Å². The van der Waals surface area contributed by atoms with Crippen molar-refractivity contribution in [3.05, 3.63) is 53.6 Å². The van der Waals surface area contributed by atoms with E-state index < -0.39 is 6.10 Å². The van der Waals surface area contributed by atoms with Crippen LogP contribution in [0, 0.1) is 0 Å². The number of amides is 1. The fourth-order valence-corrected chi connectivity index (χ4v) is 2.80. The Morgan fingerprint density at radius 1 is 0.893 bits per heavy atom. The highest BCUT2D eigenvalue weighted by Crippen LogP contribution is 2.28. The molecule has 0 aliphatic heterocycles. The van der Waals surface area contributed by atoms with E-state index in [1.165, 1.54) is 5.56 Å². The van der Waals surface area contributed by atoms with Gasteiger partial charge in [-0.2, -0.15) is 0 Å². The quantitative estimate of drug-likeness (QED) is 0.618. The van der Waals surface area contributed by atoms with Gasteiger partial charge in [0.25, 0.3) is 5.91 Å². The predicted molar refractivity (Wildman–Crippen MR) is 111 cm³/mol. The summed E-state index contributed by atoms with van der Waals surface area (Å²) in [4.78, 5) is 12.6. The van der Waals surface area contributed by atoms with Crippen molar-refractivity contribution in [2.24, 2.45) is 0 Å². The molecule has 0 saturated heterocycles. The van der Waals surface area contributed by atoms with Gasteiger partial charge in [0.05, 0.1) is 13.2 Å². The standard InChI is InChI=1S/C23H31NO4/c1-5-17-9-12-19(13-10-17)28-20(6-2)23(25)24-16-18-11-14-21(26-7-3)22(15-18)27-8-4/h9-15,20H,5-8,16H2,1-4H3,(H,24,25)/t20-/m0/s1. The molecule has 0 aliphatic carbocycles. The zero-order valence-electron chi connectivity index (χ0n) is 17.3. The lowest BCUT2D eigenvalue weighted by Crippen LogP contribution is -2.37. The van der Waals surface area contributed by atoms with E-state index in [4.69, 9.17) is 14.2 Å². The summed E-state index contributed by atoms with van der Waals surface area (Å²) in [5.74, 6) is 1.98. The minimum Gasteiger partial charge on any atom is -0.490 e. The number of hydrogen-bond donors (Lipinski definition) is 1. The number of carbonyl (C=O) groups is 1. The summed E-state index contributed by atoms with van der Waals surface area (Å²) in [6.45, 7) is 9.44. The third-order valence-corrected chi connectivity index (χ3v) is 4.35. The summed E-state index contributed by atoms with van der Waals surface area (Å²) in [6, 6.07) is 13.6. The van der Waals surface area contributed by atoms with Crippen LogP contribution in [0.5, 0.6) is 17.2 Å². The van der Waals surface area contributed by atoms with Crippen molar-refractivity contribution in [2.75, 3.05) is 13.2 Å². The van der Waals surface area contributed by atoms with Crippen LogP contribution in [0.25, 0.3) is 0 Å². The van der Waals surface area contributed by atoms with Gasteiger partial charge in [-0.05, 0) is 62.1 Å². The van der Waals surface area contributed by atoms with Crippen molar-refractivity contribution in [3.8, 4) is 17.2 Å². The number of hydrogen-bond acceptors (Lipinski definition) is 4. The molecule has 1 amide bonds. The molecule has 0 saturated carbocycles. The Labute approximate surface area is 168 Å². The molecule has 0 radical (unpaired) electrons. The van der Waals surface area contributed by atoms with E-state index in [9.17, 15) is 4.79 Å². The molecule has 0 unspecified atom stereocenters. The van der Waals surface area contributed by atoms with Gasteiger partial charge in [-0.3, -0.25) is 4.79 Å². The molecule has 2 aromatic rings. The molecule has 152 valence electrons. The fraction of sp³-hybridized carbons (Fsp3) is 0.435. The summed E-state index contributed by atoms with van der Waals surface area (Å²) in [6.07, 6.45) is 1.04. The highest BCUT2D eigenvalue weighted by molar-refractivity contribution is 5.81. The number of ether oxygens (including phenoxy) is 3. The molecule has 5 heteroatoms. The Kier molecular flexibility index (Phi) is 8.66. The van der Waals surface area contributed by atoms with Crippen molar-refractivity contribution in [1.82, 2.24) is 5.32 Å². The zero-order chi connectivity index (χ0) is 20.4. The number of carbonyl (C=O) groups excluding carboxylic acids is 1. The first-order valence-electron chi connectivity index (χ1n) is 10.0. The number of aryl methyl sites for hydroxylation is 1. The number of rotatable bonds is 11. The molecular weight excluding hydrogens is 354 g/mol. The highest BCUT2D eigenvalue weighted by atomic mass is 16.5. The van der Waals surface area contributed by atoms with Crippen LogP contribution in [-0.2, 0) is 17.8 Å². The van der Waals surface area contributed by atoms with Gasteiger partial charge in [-0.15, -0.1) is 0 Å². The Balaban J connectivity index is 1.97. The average Bonchev–Trinajstić information content (AvgIpc) is 2.72. The van der Waals surface area contributed by atoms with E-state index in [1.54, 1.807) is 0 Å². The van der Waals surface area contributed by atoms with Crippen LogP contribution in [0.15, 0.2) is 42.5 Å². The first-order valence-corrected chi connectivity index (χ1v) is 10.0. The van der Waals surface area contributed by atoms with Crippen LogP contribution in [-0.4, -0.2) is 25.2 Å². The summed E-state index contributed by atoms with van der Waals surface area (Å²) in [5, 5.41) is 2.95. The smallest absolute Gasteiger partial charge is 0.261 e. The summed E-state index contributed by atoms with van der Waals surface area (Å²) < 4.78 is 17.1. The third-order valence-electron chi connectivity index (χ3n) is 4.35. The summed E-state index contributed by atoms with van der Waals surface area (Å²) in [5.41, 5.74) is 2.19. The van der Waals surface area contributed by atoms with Gasteiger partial charge in [0.1, 0.15) is 5.75 Å². The Bertz CT molecular complexity index is 743. The van der Waals surface area contributed by atoms with E-state index in [0.717, 1.165) is 12.0 Å². The molecule has 2 rings (SSSR count). The minimum atomic E-state index is -0.526. The molecule has 0 bridgehead atoms. The third kappa shape index (κ3) is 6.19. The SMILES string of the molecule is CCOc1ccc(CNC(=O)[C@H](CC)Oc2ccc(CC)cc2)cc1OCC. The van der Waals surface area contributed by atoms with Crippen LogP contribution in [0.3, 0.4) is 0 Å². The Hall–Kier alpha value is -2.69. The maximum absolute atomic E-state index is 12.6. The largest absolute Gasteiger partial charge is 0.490 e. The molecule has 1 atom stereocenters. The van der Waals surface area contributed by atoms with Crippen molar-refractivity contribution < 1.29 is 19.0 Å². The highest BCUT2D eigenvalue weighted by Gasteiger charge is 2.18. The van der Waals surface area contributed by atoms with Crippen LogP contribution in [0.2, 0.25) is 0 Å². The minimum absolute atomic E-state index is 0.131. The molecule has 0 aliphatic rings.